The van der Waals surface area contributed by atoms with Crippen molar-refractivity contribution in [2.75, 3.05) is 26.7 Å². The second-order valence-electron chi connectivity index (χ2n) is 4.79. The fraction of sp³-hybridized carbons (Fsp3) is 0.923. The van der Waals surface area contributed by atoms with Gasteiger partial charge in [0, 0.05) is 25.2 Å². The first-order valence-electron chi connectivity index (χ1n) is 6.71. The average molecular weight is 243 g/mol. The molecule has 1 amide bonds. The molecule has 0 saturated carbocycles. The van der Waals surface area contributed by atoms with Gasteiger partial charge in [0.05, 0.1) is 6.54 Å². The lowest BCUT2D eigenvalue weighted by Crippen LogP contribution is -2.41. The van der Waals surface area contributed by atoms with Crippen molar-refractivity contribution in [3.8, 4) is 0 Å². The predicted molar refractivity (Wildman–Crippen MR) is 73.1 cm³/mol. The topological polar surface area (TPSA) is 44.4 Å². The Morgan fingerprint density at radius 2 is 1.88 bits per heavy atom. The maximum Gasteiger partial charge on any atom is 0.234 e. The molecule has 2 unspecified atom stereocenters. The number of likely N-dealkylation sites (N-methyl/N-ethyl adjacent to an activating group) is 1. The van der Waals surface area contributed by atoms with Gasteiger partial charge in [0.25, 0.3) is 0 Å². The van der Waals surface area contributed by atoms with Crippen LogP contribution in [0.5, 0.6) is 0 Å². The maximum absolute atomic E-state index is 11.5. The molecule has 4 nitrogen and oxygen atoms in total. The van der Waals surface area contributed by atoms with Crippen LogP contribution in [0.1, 0.15) is 40.5 Å². The minimum atomic E-state index is 0.0885. The summed E-state index contributed by atoms with van der Waals surface area (Å²) in [6, 6.07) is 0.873. The molecular formula is C13H29N3O. The fourth-order valence-electron chi connectivity index (χ4n) is 1.42. The van der Waals surface area contributed by atoms with Gasteiger partial charge in [-0.3, -0.25) is 4.79 Å². The van der Waals surface area contributed by atoms with Gasteiger partial charge in [-0.05, 0) is 33.7 Å². The average Bonchev–Trinajstić information content (AvgIpc) is 2.32. The van der Waals surface area contributed by atoms with Crippen LogP contribution in [0.3, 0.4) is 0 Å². The molecule has 0 aromatic carbocycles. The third kappa shape index (κ3) is 8.16. The van der Waals surface area contributed by atoms with Crippen molar-refractivity contribution in [2.45, 2.75) is 52.6 Å². The SMILES string of the molecule is CCC(C)NC(=O)CNCCN(C)C(C)CC. The Kier molecular flexibility index (Phi) is 9.09. The Hall–Kier alpha value is -0.610. The lowest BCUT2D eigenvalue weighted by molar-refractivity contribution is -0.120. The lowest BCUT2D eigenvalue weighted by atomic mass is 10.2. The van der Waals surface area contributed by atoms with Crippen molar-refractivity contribution in [2.24, 2.45) is 0 Å². The third-order valence-corrected chi connectivity index (χ3v) is 3.29. The van der Waals surface area contributed by atoms with Crippen LogP contribution in [0.4, 0.5) is 0 Å². The molecule has 2 atom stereocenters. The van der Waals surface area contributed by atoms with Gasteiger partial charge in [0.1, 0.15) is 0 Å². The zero-order chi connectivity index (χ0) is 13.3. The van der Waals surface area contributed by atoms with Gasteiger partial charge >= 0.3 is 0 Å². The van der Waals surface area contributed by atoms with E-state index in [1.807, 2.05) is 6.92 Å². The van der Waals surface area contributed by atoms with Crippen LogP contribution < -0.4 is 10.6 Å². The zero-order valence-electron chi connectivity index (χ0n) is 12.0. The second-order valence-corrected chi connectivity index (χ2v) is 4.79. The number of nitrogens with zero attached hydrogens (tertiary/aromatic N) is 1. The molecule has 0 radical (unpaired) electrons. The van der Waals surface area contributed by atoms with Crippen molar-refractivity contribution in [1.82, 2.24) is 15.5 Å². The first-order valence-corrected chi connectivity index (χ1v) is 6.71. The number of hydrogen-bond donors (Lipinski definition) is 2. The normalized spacial score (nSPS) is 14.7. The van der Waals surface area contributed by atoms with E-state index in [4.69, 9.17) is 0 Å². The number of rotatable bonds is 9. The molecule has 0 aliphatic rings. The fourth-order valence-corrected chi connectivity index (χ4v) is 1.42. The van der Waals surface area contributed by atoms with Crippen LogP contribution in [0.2, 0.25) is 0 Å². The van der Waals surface area contributed by atoms with E-state index in [1.165, 1.54) is 0 Å². The minimum Gasteiger partial charge on any atom is -0.353 e. The summed E-state index contributed by atoms with van der Waals surface area (Å²) in [4.78, 5) is 13.8. The van der Waals surface area contributed by atoms with Crippen LogP contribution in [0.25, 0.3) is 0 Å². The Bertz CT molecular complexity index is 209. The number of hydrogen-bond acceptors (Lipinski definition) is 3. The molecule has 0 aromatic rings. The molecule has 0 aliphatic heterocycles. The van der Waals surface area contributed by atoms with Gasteiger partial charge in [-0.2, -0.15) is 0 Å². The van der Waals surface area contributed by atoms with E-state index >= 15 is 0 Å². The van der Waals surface area contributed by atoms with Gasteiger partial charge in [-0.25, -0.2) is 0 Å². The lowest BCUT2D eigenvalue weighted by Gasteiger charge is -2.23. The molecule has 17 heavy (non-hydrogen) atoms. The summed E-state index contributed by atoms with van der Waals surface area (Å²) in [5.74, 6) is 0.0885. The van der Waals surface area contributed by atoms with Crippen LogP contribution in [-0.2, 0) is 4.79 Å². The van der Waals surface area contributed by atoms with Gasteiger partial charge in [0.2, 0.25) is 5.91 Å². The highest BCUT2D eigenvalue weighted by Crippen LogP contribution is 1.97. The Morgan fingerprint density at radius 3 is 2.41 bits per heavy atom. The molecular weight excluding hydrogens is 214 g/mol. The monoisotopic (exact) mass is 243 g/mol. The van der Waals surface area contributed by atoms with E-state index in [0.717, 1.165) is 25.9 Å². The van der Waals surface area contributed by atoms with Gasteiger partial charge in [-0.15, -0.1) is 0 Å². The summed E-state index contributed by atoms with van der Waals surface area (Å²) < 4.78 is 0. The molecule has 0 heterocycles. The molecule has 0 aromatic heterocycles. The summed E-state index contributed by atoms with van der Waals surface area (Å²) in [5.41, 5.74) is 0. The minimum absolute atomic E-state index is 0.0885. The number of nitrogens with one attached hydrogen (secondary N) is 2. The summed E-state index contributed by atoms with van der Waals surface area (Å²) in [6.45, 7) is 10.7. The highest BCUT2D eigenvalue weighted by atomic mass is 16.1. The summed E-state index contributed by atoms with van der Waals surface area (Å²) in [6.07, 6.45) is 2.13. The van der Waals surface area contributed by atoms with Crippen LogP contribution in [0, 0.1) is 0 Å². The Labute approximate surface area is 106 Å². The van der Waals surface area contributed by atoms with E-state index in [0.29, 0.717) is 12.6 Å². The van der Waals surface area contributed by atoms with Crippen LogP contribution >= 0.6 is 0 Å². The quantitative estimate of drug-likeness (QED) is 0.599. The van der Waals surface area contributed by atoms with Gasteiger partial charge in [0.15, 0.2) is 0 Å². The first kappa shape index (κ1) is 16.4. The molecule has 0 spiro atoms. The Balaban J connectivity index is 3.54. The molecule has 0 aliphatic carbocycles. The van der Waals surface area contributed by atoms with E-state index in [1.54, 1.807) is 0 Å². The molecule has 0 bridgehead atoms. The number of amides is 1. The first-order chi connectivity index (χ1) is 8.01. The van der Waals surface area contributed by atoms with Crippen molar-refractivity contribution in [1.29, 1.82) is 0 Å². The largest absolute Gasteiger partial charge is 0.353 e. The highest BCUT2D eigenvalue weighted by molar-refractivity contribution is 5.78. The zero-order valence-corrected chi connectivity index (χ0v) is 12.0. The van der Waals surface area contributed by atoms with Crippen LogP contribution in [-0.4, -0.2) is 49.6 Å². The van der Waals surface area contributed by atoms with E-state index in [-0.39, 0.29) is 11.9 Å². The summed E-state index contributed by atoms with van der Waals surface area (Å²) in [5, 5.41) is 6.11. The molecule has 2 N–H and O–H groups in total. The molecule has 102 valence electrons. The molecule has 4 heteroatoms. The standard InChI is InChI=1S/C13H29N3O/c1-6-11(3)15-13(17)10-14-8-9-16(5)12(4)7-2/h11-12,14H,6-10H2,1-5H3,(H,15,17). The smallest absolute Gasteiger partial charge is 0.234 e. The highest BCUT2D eigenvalue weighted by Gasteiger charge is 2.07. The molecule has 0 fully saturated rings. The van der Waals surface area contributed by atoms with Gasteiger partial charge in [-0.1, -0.05) is 13.8 Å². The third-order valence-electron chi connectivity index (χ3n) is 3.29. The van der Waals surface area contributed by atoms with Gasteiger partial charge < -0.3 is 15.5 Å². The van der Waals surface area contributed by atoms with Crippen molar-refractivity contribution in [3.05, 3.63) is 0 Å². The van der Waals surface area contributed by atoms with Crippen molar-refractivity contribution in [3.63, 3.8) is 0 Å². The van der Waals surface area contributed by atoms with Crippen molar-refractivity contribution < 1.29 is 4.79 Å². The predicted octanol–water partition coefficient (Wildman–Crippen LogP) is 1.22. The molecule has 0 saturated heterocycles. The summed E-state index contributed by atoms with van der Waals surface area (Å²) >= 11 is 0. The van der Waals surface area contributed by atoms with Crippen molar-refractivity contribution >= 4 is 5.91 Å². The maximum atomic E-state index is 11.5. The second kappa shape index (κ2) is 9.42. The van der Waals surface area contributed by atoms with Crippen LogP contribution in [0.15, 0.2) is 0 Å². The summed E-state index contributed by atoms with van der Waals surface area (Å²) in [7, 11) is 2.12. The number of carbonyl (C=O) groups excluding carboxylic acids is 1. The van der Waals surface area contributed by atoms with E-state index in [2.05, 4.69) is 43.4 Å². The van der Waals surface area contributed by atoms with E-state index in [9.17, 15) is 4.79 Å². The molecule has 0 rings (SSSR count). The Morgan fingerprint density at radius 1 is 1.24 bits per heavy atom. The number of carbonyl (C=O) groups is 1. The van der Waals surface area contributed by atoms with E-state index < -0.39 is 0 Å².